The first-order valence-corrected chi connectivity index (χ1v) is 35.5. The molecule has 4 heteroatoms. The molecule has 21 aromatic rings. The Bertz CT molecular complexity index is 7030. The second-order valence-corrected chi connectivity index (χ2v) is 27.2. The van der Waals surface area contributed by atoms with Crippen LogP contribution in [0.15, 0.2) is 376 Å². The van der Waals surface area contributed by atoms with Gasteiger partial charge in [-0.15, -0.1) is 0 Å². The fraction of sp³-hybridized carbons (Fsp3) is 0. The lowest BCUT2D eigenvalue weighted by Crippen LogP contribution is -1.93. The molecule has 0 radical (unpaired) electrons. The standard InChI is InChI=1S/C52H32N2.C48H30N2/c1-2-9-34(10-3-1)50-46-12-6-7-13-49(46)54-52-47(50)26-24-35-25-27-48(53-51(35)52)45-23-22-43-31-42(20-21-44(43)32-45)41-19-18-39-29-38(16-17-40(39)30-41)37-15-14-33-8-4-5-11-36(33)28-37;1-2-9-34(10-3-1)46-42-12-6-7-13-45(42)50-48-43(46)26-24-35-25-27-44(49-47(35)48)33-17-14-32(15-18-33)37-20-21-40-30-41(23-22-39(40)29-37)38-19-16-31-8-4-5-11-36(31)28-38/h1-32H;1-30H. The third-order valence-electron chi connectivity index (χ3n) is 21.0. The maximum atomic E-state index is 5.29. The minimum Gasteiger partial charge on any atom is -0.245 e. The maximum absolute atomic E-state index is 5.29. The molecule has 4 aromatic heterocycles. The molecule has 0 aliphatic rings. The normalized spacial score (nSPS) is 11.7. The third kappa shape index (κ3) is 10.9. The van der Waals surface area contributed by atoms with Crippen molar-refractivity contribution < 1.29 is 0 Å². The van der Waals surface area contributed by atoms with Gasteiger partial charge in [-0.3, -0.25) is 0 Å². The van der Waals surface area contributed by atoms with Crippen molar-refractivity contribution in [3.05, 3.63) is 376 Å². The Morgan fingerprint density at radius 2 is 0.404 bits per heavy atom. The van der Waals surface area contributed by atoms with Gasteiger partial charge < -0.3 is 0 Å². The van der Waals surface area contributed by atoms with Crippen LogP contribution in [0.4, 0.5) is 0 Å². The van der Waals surface area contributed by atoms with Gasteiger partial charge in [0.05, 0.1) is 44.5 Å². The van der Waals surface area contributed by atoms with E-state index < -0.39 is 0 Å². The van der Waals surface area contributed by atoms with E-state index in [2.05, 4.69) is 376 Å². The van der Waals surface area contributed by atoms with E-state index in [-0.39, 0.29) is 0 Å². The molecule has 0 unspecified atom stereocenters. The van der Waals surface area contributed by atoms with Crippen LogP contribution in [-0.4, -0.2) is 19.9 Å². The summed E-state index contributed by atoms with van der Waals surface area (Å²) in [6, 6.07) is 135. The van der Waals surface area contributed by atoms with Gasteiger partial charge in [-0.05, 0) is 182 Å². The number of aromatic nitrogens is 4. The number of hydrogen-bond acceptors (Lipinski definition) is 4. The van der Waals surface area contributed by atoms with Crippen LogP contribution in [0.5, 0.6) is 0 Å². The van der Waals surface area contributed by atoms with Gasteiger partial charge in [0, 0.05) is 54.6 Å². The zero-order valence-corrected chi connectivity index (χ0v) is 56.6. The van der Waals surface area contributed by atoms with Gasteiger partial charge in [0.2, 0.25) is 0 Å². The Balaban J connectivity index is 0.000000139. The van der Waals surface area contributed by atoms with Crippen LogP contribution in [-0.2, 0) is 0 Å². The summed E-state index contributed by atoms with van der Waals surface area (Å²) < 4.78 is 0. The molecule has 0 fully saturated rings. The van der Waals surface area contributed by atoms with E-state index in [1.54, 1.807) is 0 Å². The van der Waals surface area contributed by atoms with E-state index in [9.17, 15) is 0 Å². The number of para-hydroxylation sites is 2. The summed E-state index contributed by atoms with van der Waals surface area (Å²) in [5.41, 5.74) is 24.2. The summed E-state index contributed by atoms with van der Waals surface area (Å²) in [6.07, 6.45) is 0. The van der Waals surface area contributed by atoms with E-state index in [1.807, 2.05) is 0 Å². The second-order valence-electron chi connectivity index (χ2n) is 27.2. The average Bonchev–Trinajstić information content (AvgIpc) is 0.744. The number of benzene rings is 17. The van der Waals surface area contributed by atoms with Gasteiger partial charge >= 0.3 is 0 Å². The summed E-state index contributed by atoms with van der Waals surface area (Å²) >= 11 is 0. The highest BCUT2D eigenvalue weighted by atomic mass is 14.8. The molecule has 482 valence electrons. The quantitative estimate of drug-likeness (QED) is 0.112. The Hall–Kier alpha value is -13.8. The first kappa shape index (κ1) is 60.2. The van der Waals surface area contributed by atoms with Crippen molar-refractivity contribution in [2.45, 2.75) is 0 Å². The van der Waals surface area contributed by atoms with Gasteiger partial charge in [-0.25, -0.2) is 19.9 Å². The van der Waals surface area contributed by atoms with Crippen molar-refractivity contribution in [2.24, 2.45) is 0 Å². The number of nitrogens with zero attached hydrogens (tertiary/aromatic N) is 4. The molecule has 0 spiro atoms. The SMILES string of the molecule is c1ccc(-c2c3ccccc3nc3c2ccc2ccc(-c4ccc(-c5ccc6cc(-c7ccc8ccccc8c7)ccc6c5)cc4)nc23)cc1.c1ccc(-c2c3ccccc3nc3c2ccc2ccc(-c4ccc5cc(-c6ccc7cc(-c8ccc9ccccc9c8)ccc7c6)ccc5c4)nc23)cc1. The van der Waals surface area contributed by atoms with Gasteiger partial charge in [-0.2, -0.15) is 0 Å². The molecule has 4 nitrogen and oxygen atoms in total. The predicted octanol–water partition coefficient (Wildman–Crippen LogP) is 27.0. The maximum Gasteiger partial charge on any atom is 0.0978 e. The molecule has 0 saturated carbocycles. The third-order valence-corrected chi connectivity index (χ3v) is 21.0. The lowest BCUT2D eigenvalue weighted by Gasteiger charge is -2.13. The van der Waals surface area contributed by atoms with Crippen molar-refractivity contribution in [3.63, 3.8) is 0 Å². The van der Waals surface area contributed by atoms with Crippen LogP contribution < -0.4 is 0 Å². The molecule has 0 aliphatic heterocycles. The van der Waals surface area contributed by atoms with Crippen LogP contribution in [0.1, 0.15) is 0 Å². The molecule has 0 bridgehead atoms. The van der Waals surface area contributed by atoms with Gasteiger partial charge in [0.25, 0.3) is 0 Å². The Morgan fingerprint density at radius 3 is 0.808 bits per heavy atom. The molecular formula is C100H62N4. The molecule has 17 aromatic carbocycles. The fourth-order valence-electron chi connectivity index (χ4n) is 15.6. The van der Waals surface area contributed by atoms with Crippen molar-refractivity contribution in [1.29, 1.82) is 0 Å². The summed E-state index contributed by atoms with van der Waals surface area (Å²) in [5, 5.41) is 19.1. The van der Waals surface area contributed by atoms with Crippen molar-refractivity contribution in [2.75, 3.05) is 0 Å². The van der Waals surface area contributed by atoms with Gasteiger partial charge in [0.15, 0.2) is 0 Å². The number of hydrogen-bond donors (Lipinski definition) is 0. The lowest BCUT2D eigenvalue weighted by atomic mass is 9.94. The zero-order valence-electron chi connectivity index (χ0n) is 56.6. The highest BCUT2D eigenvalue weighted by Crippen LogP contribution is 2.42. The minimum absolute atomic E-state index is 0.920. The molecule has 4 heterocycles. The summed E-state index contributed by atoms with van der Waals surface area (Å²) in [4.78, 5) is 20.9. The van der Waals surface area contributed by atoms with Crippen LogP contribution in [0, 0.1) is 0 Å². The average molecular weight is 1320 g/mol. The molecule has 104 heavy (non-hydrogen) atoms. The van der Waals surface area contributed by atoms with Gasteiger partial charge in [0.1, 0.15) is 0 Å². The predicted molar refractivity (Wildman–Crippen MR) is 440 cm³/mol. The molecule has 0 atom stereocenters. The zero-order chi connectivity index (χ0) is 68.6. The molecule has 21 rings (SSSR count). The summed E-state index contributed by atoms with van der Waals surface area (Å²) in [6.45, 7) is 0. The van der Waals surface area contributed by atoms with Crippen LogP contribution in [0.25, 0.3) is 209 Å². The molecule has 0 N–H and O–H groups in total. The Kier molecular flexibility index (Phi) is 14.5. The van der Waals surface area contributed by atoms with E-state index in [0.717, 1.165) is 87.9 Å². The highest BCUT2D eigenvalue weighted by molar-refractivity contribution is 6.18. The summed E-state index contributed by atoms with van der Waals surface area (Å²) in [7, 11) is 0. The van der Waals surface area contributed by atoms with E-state index in [4.69, 9.17) is 19.9 Å². The van der Waals surface area contributed by atoms with E-state index in [1.165, 1.54) is 121 Å². The monoisotopic (exact) mass is 1320 g/mol. The molecule has 0 saturated heterocycles. The molecular weight excluding hydrogens is 1260 g/mol. The van der Waals surface area contributed by atoms with Gasteiger partial charge in [-0.1, -0.05) is 303 Å². The first-order chi connectivity index (χ1) is 51.5. The van der Waals surface area contributed by atoms with Crippen LogP contribution in [0.2, 0.25) is 0 Å². The second kappa shape index (κ2) is 25.1. The van der Waals surface area contributed by atoms with Crippen molar-refractivity contribution in [3.8, 4) is 89.3 Å². The van der Waals surface area contributed by atoms with Crippen molar-refractivity contribution >= 4 is 119 Å². The topological polar surface area (TPSA) is 51.6 Å². The van der Waals surface area contributed by atoms with Crippen LogP contribution >= 0.6 is 0 Å². The molecule has 0 aliphatic carbocycles. The molecule has 0 amide bonds. The number of rotatable bonds is 8. The smallest absolute Gasteiger partial charge is 0.0978 e. The van der Waals surface area contributed by atoms with E-state index in [0.29, 0.717) is 0 Å². The number of pyridine rings is 4. The fourth-order valence-corrected chi connectivity index (χ4v) is 15.6. The Labute approximate surface area is 600 Å². The van der Waals surface area contributed by atoms with Crippen molar-refractivity contribution in [1.82, 2.24) is 19.9 Å². The summed E-state index contributed by atoms with van der Waals surface area (Å²) in [5.74, 6) is 0. The minimum atomic E-state index is 0.920. The van der Waals surface area contributed by atoms with E-state index >= 15 is 0 Å². The lowest BCUT2D eigenvalue weighted by molar-refractivity contribution is 1.39. The number of fused-ring (bicyclic) bond motifs is 13. The largest absolute Gasteiger partial charge is 0.245 e. The van der Waals surface area contributed by atoms with Crippen LogP contribution in [0.3, 0.4) is 0 Å². The highest BCUT2D eigenvalue weighted by Gasteiger charge is 2.18. The Morgan fingerprint density at radius 1 is 0.135 bits per heavy atom. The first-order valence-electron chi connectivity index (χ1n) is 35.5.